The van der Waals surface area contributed by atoms with Crippen LogP contribution in [-0.4, -0.2) is 21.2 Å². The highest BCUT2D eigenvalue weighted by atomic mass is 79.9. The first-order chi connectivity index (χ1) is 12.4. The minimum Gasteiger partial charge on any atom is -0.487 e. The van der Waals surface area contributed by atoms with Crippen molar-refractivity contribution in [3.63, 3.8) is 0 Å². The van der Waals surface area contributed by atoms with Gasteiger partial charge in [0.25, 0.3) is 0 Å². The van der Waals surface area contributed by atoms with Gasteiger partial charge in [0.2, 0.25) is 0 Å². The summed E-state index contributed by atoms with van der Waals surface area (Å²) in [6, 6.07) is 5.11. The van der Waals surface area contributed by atoms with Gasteiger partial charge in [-0.15, -0.1) is 24.8 Å². The average Bonchev–Trinajstić information content (AvgIpc) is 2.52. The smallest absolute Gasteiger partial charge is 0.487 e. The van der Waals surface area contributed by atoms with Gasteiger partial charge in [-0.1, -0.05) is 39.7 Å². The lowest BCUT2D eigenvalue weighted by molar-refractivity contribution is -0.274. The Kier molecular flexibility index (Phi) is 6.76. The fourth-order valence-corrected chi connectivity index (χ4v) is 3.73. The molecule has 0 aromatic heterocycles. The van der Waals surface area contributed by atoms with Crippen molar-refractivity contribution in [1.29, 1.82) is 0 Å². The van der Waals surface area contributed by atoms with Crippen LogP contribution >= 0.6 is 39.1 Å². The Morgan fingerprint density at radius 2 is 1.96 bits per heavy atom. The van der Waals surface area contributed by atoms with Crippen LogP contribution in [0, 0.1) is 5.92 Å². The number of allylic oxidation sites excluding steroid dienone is 3. The lowest BCUT2D eigenvalue weighted by atomic mass is 9.93. The third kappa shape index (κ3) is 6.33. The van der Waals surface area contributed by atoms with Crippen LogP contribution < -0.4 is 4.74 Å². The van der Waals surface area contributed by atoms with Crippen molar-refractivity contribution in [3.05, 3.63) is 52.3 Å². The number of hydrogen-bond donors (Lipinski definition) is 1. The molecule has 0 radical (unpaired) electrons. The van der Waals surface area contributed by atoms with Gasteiger partial charge in [-0.05, 0) is 30.7 Å². The Morgan fingerprint density at radius 1 is 1.37 bits per heavy atom. The zero-order chi connectivity index (χ0) is 20.4. The lowest BCUT2D eigenvalue weighted by Gasteiger charge is -2.28. The minimum absolute atomic E-state index is 0.0287. The quantitative estimate of drug-likeness (QED) is 0.503. The van der Waals surface area contributed by atoms with Gasteiger partial charge in [0, 0.05) is 12.0 Å². The molecule has 0 amide bonds. The highest BCUT2D eigenvalue weighted by Gasteiger charge is 2.35. The molecule has 2 rings (SSSR count). The molecule has 0 heterocycles. The van der Waals surface area contributed by atoms with Crippen LogP contribution in [0.1, 0.15) is 18.9 Å². The summed E-state index contributed by atoms with van der Waals surface area (Å²) in [6.07, 6.45) is -3.07. The molecule has 0 bridgehead atoms. The molecule has 0 saturated heterocycles. The van der Waals surface area contributed by atoms with Crippen LogP contribution in [0.2, 0.25) is 0 Å². The fourth-order valence-electron chi connectivity index (χ4n) is 2.35. The largest absolute Gasteiger partial charge is 0.573 e. The van der Waals surface area contributed by atoms with Crippen molar-refractivity contribution < 1.29 is 32.5 Å². The van der Waals surface area contributed by atoms with Crippen molar-refractivity contribution in [2.24, 2.45) is 5.92 Å². The van der Waals surface area contributed by atoms with Crippen molar-refractivity contribution in [3.8, 4) is 5.75 Å². The number of aliphatic carboxylic acids is 1. The second kappa shape index (κ2) is 8.32. The van der Waals surface area contributed by atoms with Crippen LogP contribution in [0.25, 0.3) is 0 Å². The summed E-state index contributed by atoms with van der Waals surface area (Å²) in [4.78, 5) is 11.4. The Bertz CT molecular complexity index is 773. The monoisotopic (exact) mass is 488 g/mol. The first-order valence-electron chi connectivity index (χ1n) is 7.58. The van der Waals surface area contributed by atoms with E-state index in [4.69, 9.17) is 27.9 Å². The molecule has 2 atom stereocenters. The number of benzene rings is 1. The summed E-state index contributed by atoms with van der Waals surface area (Å²) in [5.74, 6) is -2.17. The second-order valence-electron chi connectivity index (χ2n) is 5.81. The molecule has 1 aliphatic carbocycles. The molecule has 4 nitrogen and oxygen atoms in total. The number of carboxylic acid groups (broad SMARTS) is 1. The summed E-state index contributed by atoms with van der Waals surface area (Å²) >= 11 is 15.7. The number of rotatable bonds is 6. The topological polar surface area (TPSA) is 55.8 Å². The van der Waals surface area contributed by atoms with Crippen LogP contribution in [0.15, 0.2) is 46.7 Å². The van der Waals surface area contributed by atoms with E-state index in [0.717, 1.165) is 12.1 Å². The Hall–Kier alpha value is -1.38. The van der Waals surface area contributed by atoms with Crippen molar-refractivity contribution >= 4 is 45.1 Å². The van der Waals surface area contributed by atoms with Crippen molar-refractivity contribution in [2.75, 3.05) is 0 Å². The van der Waals surface area contributed by atoms with Crippen molar-refractivity contribution in [2.45, 2.75) is 30.1 Å². The molecule has 2 unspecified atom stereocenters. The average molecular weight is 490 g/mol. The molecule has 1 aromatic rings. The lowest BCUT2D eigenvalue weighted by Crippen LogP contribution is -2.23. The zero-order valence-corrected chi connectivity index (χ0v) is 16.9. The van der Waals surface area contributed by atoms with E-state index in [1.54, 1.807) is 0 Å². The van der Waals surface area contributed by atoms with E-state index in [-0.39, 0.29) is 29.6 Å². The molecule has 1 aromatic carbocycles. The van der Waals surface area contributed by atoms with E-state index in [1.807, 2.05) is 0 Å². The number of halogens is 6. The molecular weight excluding hydrogens is 476 g/mol. The number of carboxylic acids is 1. The third-order valence-electron chi connectivity index (χ3n) is 3.64. The summed E-state index contributed by atoms with van der Waals surface area (Å²) in [5, 5.41) is 9.53. The van der Waals surface area contributed by atoms with E-state index in [9.17, 15) is 23.1 Å². The molecule has 1 aliphatic rings. The van der Waals surface area contributed by atoms with Gasteiger partial charge in [0.05, 0.1) is 11.0 Å². The number of hydrogen-bond acceptors (Lipinski definition) is 3. The molecule has 27 heavy (non-hydrogen) atoms. The summed E-state index contributed by atoms with van der Waals surface area (Å²) in [7, 11) is 0. The number of carbonyl (C=O) groups is 1. The summed E-state index contributed by atoms with van der Waals surface area (Å²) in [5.41, 5.74) is 0.855. The van der Waals surface area contributed by atoms with Gasteiger partial charge in [-0.25, -0.2) is 0 Å². The predicted octanol–water partition coefficient (Wildman–Crippen LogP) is 5.93. The normalized spacial score (nSPS) is 21.5. The number of ether oxygens (including phenoxy) is 2. The molecule has 0 fully saturated rings. The van der Waals surface area contributed by atoms with Gasteiger partial charge in [-0.3, -0.25) is 4.79 Å². The maximum absolute atomic E-state index is 12.2. The highest BCUT2D eigenvalue weighted by Crippen LogP contribution is 2.44. The van der Waals surface area contributed by atoms with E-state index >= 15 is 0 Å². The SMILES string of the molecule is CC(C(=O)O)C1=CC(Cl)(Br)CC(Cl)=C1OCc1ccc(OC(F)(F)F)cc1. The summed E-state index contributed by atoms with van der Waals surface area (Å²) < 4.78 is 45.0. The maximum Gasteiger partial charge on any atom is 0.573 e. The van der Waals surface area contributed by atoms with Gasteiger partial charge >= 0.3 is 12.3 Å². The van der Waals surface area contributed by atoms with E-state index < -0.39 is 22.0 Å². The molecule has 148 valence electrons. The zero-order valence-electron chi connectivity index (χ0n) is 13.8. The Morgan fingerprint density at radius 3 is 2.48 bits per heavy atom. The molecule has 0 saturated carbocycles. The highest BCUT2D eigenvalue weighted by molar-refractivity contribution is 9.10. The molecular formula is C17H14BrCl2F3O4. The summed E-state index contributed by atoms with van der Waals surface area (Å²) in [6.45, 7) is 1.44. The maximum atomic E-state index is 12.2. The Balaban J connectivity index is 2.15. The predicted molar refractivity (Wildman–Crippen MR) is 97.8 cm³/mol. The van der Waals surface area contributed by atoms with E-state index in [0.29, 0.717) is 11.1 Å². The minimum atomic E-state index is -4.77. The molecule has 0 spiro atoms. The van der Waals surface area contributed by atoms with Crippen LogP contribution in [0.5, 0.6) is 5.75 Å². The van der Waals surface area contributed by atoms with Crippen LogP contribution in [0.3, 0.4) is 0 Å². The van der Waals surface area contributed by atoms with Crippen LogP contribution in [0.4, 0.5) is 13.2 Å². The standard InChI is InChI=1S/C17H14BrCl2F3O4/c1-9(15(24)25)12-6-16(18,20)7-13(19)14(12)26-8-10-2-4-11(5-3-10)27-17(21,22)23/h2-6,9H,7-8H2,1H3,(H,24,25). The van der Waals surface area contributed by atoms with Crippen molar-refractivity contribution in [1.82, 2.24) is 0 Å². The molecule has 10 heteroatoms. The molecule has 0 aliphatic heterocycles. The first kappa shape index (κ1) is 21.9. The van der Waals surface area contributed by atoms with E-state index in [2.05, 4.69) is 20.7 Å². The van der Waals surface area contributed by atoms with Gasteiger partial charge in [0.15, 0.2) is 0 Å². The third-order valence-corrected chi connectivity index (χ3v) is 4.70. The first-order valence-corrected chi connectivity index (χ1v) is 9.13. The fraction of sp³-hybridized carbons (Fsp3) is 0.353. The number of alkyl halides is 5. The van der Waals surface area contributed by atoms with E-state index in [1.165, 1.54) is 25.1 Å². The van der Waals surface area contributed by atoms with Gasteiger partial charge < -0.3 is 14.6 Å². The van der Waals surface area contributed by atoms with Gasteiger partial charge in [-0.2, -0.15) is 0 Å². The Labute approximate surface area is 171 Å². The second-order valence-corrected chi connectivity index (χ2v) is 8.81. The van der Waals surface area contributed by atoms with Crippen LogP contribution in [-0.2, 0) is 16.1 Å². The molecule has 1 N–H and O–H groups in total. The van der Waals surface area contributed by atoms with Gasteiger partial charge in [0.1, 0.15) is 21.9 Å².